The summed E-state index contributed by atoms with van der Waals surface area (Å²) in [6.07, 6.45) is 1.04. The molecule has 140 valence electrons. The number of methoxy groups -OCH3 is 1. The van der Waals surface area contributed by atoms with E-state index in [0.717, 1.165) is 16.1 Å². The molecule has 0 fully saturated rings. The van der Waals surface area contributed by atoms with Gasteiger partial charge in [-0.15, -0.1) is 0 Å². The molecule has 0 saturated heterocycles. The highest BCUT2D eigenvalue weighted by atomic mass is 35.5. The molecule has 26 heavy (non-hydrogen) atoms. The predicted molar refractivity (Wildman–Crippen MR) is 103 cm³/mol. The summed E-state index contributed by atoms with van der Waals surface area (Å²) >= 11 is 6.09. The second kappa shape index (κ2) is 8.42. The molecule has 2 aromatic rings. The maximum absolute atomic E-state index is 12.4. The van der Waals surface area contributed by atoms with Gasteiger partial charge in [0.15, 0.2) is 0 Å². The van der Waals surface area contributed by atoms with Crippen molar-refractivity contribution in [2.24, 2.45) is 0 Å². The number of para-hydroxylation sites is 1. The van der Waals surface area contributed by atoms with Crippen molar-refractivity contribution in [3.8, 4) is 5.75 Å². The van der Waals surface area contributed by atoms with Crippen LogP contribution in [0, 0.1) is 0 Å². The van der Waals surface area contributed by atoms with Crippen LogP contribution >= 0.6 is 11.6 Å². The highest BCUT2D eigenvalue weighted by Crippen LogP contribution is 2.27. The Morgan fingerprint density at radius 2 is 1.81 bits per heavy atom. The summed E-state index contributed by atoms with van der Waals surface area (Å²) < 4.78 is 30.3. The maximum atomic E-state index is 12.4. The number of amides is 1. The van der Waals surface area contributed by atoms with E-state index in [-0.39, 0.29) is 23.3 Å². The first kappa shape index (κ1) is 20.1. The minimum atomic E-state index is -3.67. The number of rotatable bonds is 7. The lowest BCUT2D eigenvalue weighted by Gasteiger charge is -2.24. The smallest absolute Gasteiger partial charge is 0.241 e. The third-order valence-corrected chi connectivity index (χ3v) is 5.25. The van der Waals surface area contributed by atoms with E-state index in [2.05, 4.69) is 5.32 Å². The van der Waals surface area contributed by atoms with Crippen molar-refractivity contribution in [3.63, 3.8) is 0 Å². The predicted octanol–water partition coefficient (Wildman–Crippen LogP) is 2.99. The van der Waals surface area contributed by atoms with Gasteiger partial charge in [-0.25, -0.2) is 8.42 Å². The molecule has 0 aliphatic rings. The monoisotopic (exact) mass is 396 g/mol. The van der Waals surface area contributed by atoms with E-state index in [1.807, 2.05) is 19.1 Å². The van der Waals surface area contributed by atoms with Gasteiger partial charge in [0, 0.05) is 0 Å². The van der Waals surface area contributed by atoms with Crippen molar-refractivity contribution in [2.75, 3.05) is 24.2 Å². The van der Waals surface area contributed by atoms with E-state index in [1.54, 1.807) is 43.5 Å². The van der Waals surface area contributed by atoms with Gasteiger partial charge in [-0.3, -0.25) is 9.10 Å². The molecular formula is C18H21ClN2O4S. The molecular weight excluding hydrogens is 376 g/mol. The molecule has 1 amide bonds. The lowest BCUT2D eigenvalue weighted by atomic mass is 10.1. The summed E-state index contributed by atoms with van der Waals surface area (Å²) in [5, 5.41) is 3.05. The van der Waals surface area contributed by atoms with Crippen LogP contribution in [0.4, 0.5) is 5.69 Å². The van der Waals surface area contributed by atoms with Crippen molar-refractivity contribution in [2.45, 2.75) is 13.0 Å². The minimum absolute atomic E-state index is 0.258. The van der Waals surface area contributed by atoms with Crippen molar-refractivity contribution < 1.29 is 17.9 Å². The van der Waals surface area contributed by atoms with Gasteiger partial charge in [0.2, 0.25) is 15.9 Å². The van der Waals surface area contributed by atoms with E-state index in [4.69, 9.17) is 16.3 Å². The first-order chi connectivity index (χ1) is 12.2. The average Bonchev–Trinajstić information content (AvgIpc) is 2.59. The van der Waals surface area contributed by atoms with Crippen molar-refractivity contribution in [1.29, 1.82) is 0 Å². The van der Waals surface area contributed by atoms with E-state index in [9.17, 15) is 13.2 Å². The average molecular weight is 397 g/mol. The maximum Gasteiger partial charge on any atom is 0.241 e. The number of sulfonamides is 1. The lowest BCUT2D eigenvalue weighted by molar-refractivity contribution is -0.120. The molecule has 0 radical (unpaired) electrons. The number of carbonyl (C=O) groups excluding carboxylic acids is 1. The van der Waals surface area contributed by atoms with E-state index in [1.165, 1.54) is 0 Å². The molecule has 0 saturated carbocycles. The fraction of sp³-hybridized carbons (Fsp3) is 0.278. The Hall–Kier alpha value is -2.25. The largest absolute Gasteiger partial charge is 0.497 e. The molecule has 0 aliphatic heterocycles. The number of nitrogens with one attached hydrogen (secondary N) is 1. The molecule has 0 heterocycles. The quantitative estimate of drug-likeness (QED) is 0.780. The number of halogens is 1. The van der Waals surface area contributed by atoms with Crippen LogP contribution in [-0.2, 0) is 14.8 Å². The summed E-state index contributed by atoms with van der Waals surface area (Å²) in [6, 6.07) is 13.5. The van der Waals surface area contributed by atoms with Crippen molar-refractivity contribution in [1.82, 2.24) is 5.32 Å². The number of anilines is 1. The molecule has 0 spiro atoms. The van der Waals surface area contributed by atoms with E-state index >= 15 is 0 Å². The van der Waals surface area contributed by atoms with Gasteiger partial charge >= 0.3 is 0 Å². The number of hydrogen-bond acceptors (Lipinski definition) is 4. The third kappa shape index (κ3) is 5.12. The molecule has 1 N–H and O–H groups in total. The van der Waals surface area contributed by atoms with Gasteiger partial charge in [0.25, 0.3) is 0 Å². The van der Waals surface area contributed by atoms with Gasteiger partial charge in [-0.05, 0) is 36.8 Å². The molecule has 0 bridgehead atoms. The molecule has 8 heteroatoms. The van der Waals surface area contributed by atoms with Gasteiger partial charge in [-0.1, -0.05) is 35.9 Å². The summed E-state index contributed by atoms with van der Waals surface area (Å²) in [5.41, 5.74) is 1.15. The van der Waals surface area contributed by atoms with Crippen LogP contribution in [-0.4, -0.2) is 34.2 Å². The number of nitrogens with zero attached hydrogens (tertiary/aromatic N) is 1. The van der Waals surface area contributed by atoms with E-state index < -0.39 is 15.9 Å². The molecule has 0 aromatic heterocycles. The second-order valence-corrected chi connectivity index (χ2v) is 8.10. The van der Waals surface area contributed by atoms with Crippen LogP contribution in [0.3, 0.4) is 0 Å². The third-order valence-electron chi connectivity index (χ3n) is 3.80. The molecule has 0 aliphatic carbocycles. The summed E-state index contributed by atoms with van der Waals surface area (Å²) in [4.78, 5) is 12.4. The van der Waals surface area contributed by atoms with Gasteiger partial charge < -0.3 is 10.1 Å². The summed E-state index contributed by atoms with van der Waals surface area (Å²) in [6.45, 7) is 1.46. The Kier molecular flexibility index (Phi) is 6.50. The number of ether oxygens (including phenoxy) is 1. The van der Waals surface area contributed by atoms with Gasteiger partial charge in [0.05, 0.1) is 30.1 Å². The fourth-order valence-electron chi connectivity index (χ4n) is 2.43. The standard InChI is InChI=1S/C18H21ClN2O4S/c1-13(14-8-10-15(25-2)11-9-14)20-18(22)12-21(26(3,23)24)17-7-5-4-6-16(17)19/h4-11,13H,12H2,1-3H3,(H,20,22)/t13-/m1/s1. The van der Waals surface area contributed by atoms with Crippen LogP contribution in [0.2, 0.25) is 5.02 Å². The van der Waals surface area contributed by atoms with Gasteiger partial charge in [-0.2, -0.15) is 0 Å². The molecule has 2 aromatic carbocycles. The van der Waals surface area contributed by atoms with Crippen LogP contribution in [0.15, 0.2) is 48.5 Å². The fourth-order valence-corrected chi connectivity index (χ4v) is 3.58. The first-order valence-corrected chi connectivity index (χ1v) is 10.1. The molecule has 6 nitrogen and oxygen atoms in total. The highest BCUT2D eigenvalue weighted by Gasteiger charge is 2.23. The van der Waals surface area contributed by atoms with Crippen molar-refractivity contribution in [3.05, 3.63) is 59.1 Å². The molecule has 0 unspecified atom stereocenters. The Morgan fingerprint density at radius 1 is 1.19 bits per heavy atom. The Morgan fingerprint density at radius 3 is 2.35 bits per heavy atom. The minimum Gasteiger partial charge on any atom is -0.497 e. The molecule has 2 rings (SSSR count). The summed E-state index contributed by atoms with van der Waals surface area (Å²) in [7, 11) is -2.10. The number of carbonyl (C=O) groups is 1. The number of benzene rings is 2. The SMILES string of the molecule is COc1ccc([C@@H](C)NC(=O)CN(c2ccccc2Cl)S(C)(=O)=O)cc1. The zero-order valence-corrected chi connectivity index (χ0v) is 16.3. The van der Waals surface area contributed by atoms with Crippen LogP contribution in [0.25, 0.3) is 0 Å². The normalized spacial score (nSPS) is 12.3. The number of hydrogen-bond donors (Lipinski definition) is 1. The topological polar surface area (TPSA) is 75.7 Å². The van der Waals surface area contributed by atoms with E-state index in [0.29, 0.717) is 5.75 Å². The van der Waals surface area contributed by atoms with Crippen LogP contribution < -0.4 is 14.4 Å². The Labute approximate surface area is 158 Å². The Bertz CT molecular complexity index is 869. The molecule has 1 atom stereocenters. The zero-order chi connectivity index (χ0) is 19.3. The zero-order valence-electron chi connectivity index (χ0n) is 14.8. The van der Waals surface area contributed by atoms with Gasteiger partial charge in [0.1, 0.15) is 12.3 Å². The summed E-state index contributed by atoms with van der Waals surface area (Å²) in [5.74, 6) is 0.285. The lowest BCUT2D eigenvalue weighted by Crippen LogP contribution is -2.41. The Balaban J connectivity index is 2.13. The van der Waals surface area contributed by atoms with Crippen molar-refractivity contribution >= 4 is 33.2 Å². The second-order valence-electron chi connectivity index (χ2n) is 5.78. The first-order valence-electron chi connectivity index (χ1n) is 7.88. The van der Waals surface area contributed by atoms with Crippen LogP contribution in [0.1, 0.15) is 18.5 Å². The van der Waals surface area contributed by atoms with Crippen LogP contribution in [0.5, 0.6) is 5.75 Å². The highest BCUT2D eigenvalue weighted by molar-refractivity contribution is 7.92.